The third-order valence-electron chi connectivity index (χ3n) is 4.99. The fourth-order valence-electron chi connectivity index (χ4n) is 3.72. The summed E-state index contributed by atoms with van der Waals surface area (Å²) in [7, 11) is 0. The molecule has 0 atom stereocenters. The van der Waals surface area contributed by atoms with Gasteiger partial charge < -0.3 is 4.74 Å². The van der Waals surface area contributed by atoms with Crippen LogP contribution >= 0.6 is 0 Å². The summed E-state index contributed by atoms with van der Waals surface area (Å²) in [6.45, 7) is 3.67. The molecule has 27 heavy (non-hydrogen) atoms. The molecular weight excluding hydrogens is 336 g/mol. The fourth-order valence-corrected chi connectivity index (χ4v) is 3.72. The third kappa shape index (κ3) is 3.08. The maximum Gasteiger partial charge on any atom is 0.359 e. The van der Waals surface area contributed by atoms with E-state index in [0.29, 0.717) is 12.1 Å². The molecule has 3 aromatic rings. The molecule has 1 aliphatic rings. The smallest absolute Gasteiger partial charge is 0.359 e. The van der Waals surface area contributed by atoms with Crippen molar-refractivity contribution in [3.05, 3.63) is 94.8 Å². The van der Waals surface area contributed by atoms with Crippen LogP contribution in [0.3, 0.4) is 0 Å². The lowest BCUT2D eigenvalue weighted by Gasteiger charge is -2.34. The van der Waals surface area contributed by atoms with E-state index in [4.69, 9.17) is 4.74 Å². The van der Waals surface area contributed by atoms with E-state index in [9.17, 15) is 4.79 Å². The van der Waals surface area contributed by atoms with Crippen molar-refractivity contribution < 1.29 is 9.53 Å². The van der Waals surface area contributed by atoms with Crippen molar-refractivity contribution in [2.45, 2.75) is 31.8 Å². The third-order valence-corrected chi connectivity index (χ3v) is 4.99. The number of allylic oxidation sites excluding steroid dienone is 1. The Hall–Kier alpha value is -3.14. The van der Waals surface area contributed by atoms with Crippen LogP contribution in [0.2, 0.25) is 0 Å². The van der Waals surface area contributed by atoms with Gasteiger partial charge in [0.1, 0.15) is 0 Å². The Balaban J connectivity index is 1.80. The van der Waals surface area contributed by atoms with Gasteiger partial charge in [-0.3, -0.25) is 5.10 Å². The first-order valence-electron chi connectivity index (χ1n) is 9.19. The summed E-state index contributed by atoms with van der Waals surface area (Å²) in [5.74, 6) is -0.390. The number of aromatic amines is 1. The Morgan fingerprint density at radius 3 is 2.19 bits per heavy atom. The van der Waals surface area contributed by atoms with Crippen molar-refractivity contribution in [1.82, 2.24) is 10.2 Å². The van der Waals surface area contributed by atoms with Crippen LogP contribution in [-0.4, -0.2) is 22.3 Å². The van der Waals surface area contributed by atoms with Gasteiger partial charge in [0.25, 0.3) is 0 Å². The lowest BCUT2D eigenvalue weighted by Crippen LogP contribution is -2.30. The maximum absolute atomic E-state index is 12.4. The largest absolute Gasteiger partial charge is 0.458 e. The molecule has 0 saturated heterocycles. The van der Waals surface area contributed by atoms with Crippen LogP contribution in [0.5, 0.6) is 0 Å². The average Bonchev–Trinajstić information content (AvgIpc) is 3.12. The quantitative estimate of drug-likeness (QED) is 0.697. The van der Waals surface area contributed by atoms with Gasteiger partial charge in [-0.2, -0.15) is 5.10 Å². The number of esters is 1. The van der Waals surface area contributed by atoms with E-state index in [1.165, 1.54) is 11.1 Å². The standard InChI is InChI=1S/C23H22N2O2/c1-16(2)27-22(26)21-19-13-14-23(15-20(19)24-25-21,17-9-5-3-6-10-17)18-11-7-4-8-12-18/h3-14,16H,15H2,1-2H3,(H,24,25). The van der Waals surface area contributed by atoms with Crippen molar-refractivity contribution in [1.29, 1.82) is 0 Å². The number of benzene rings is 2. The number of rotatable bonds is 4. The van der Waals surface area contributed by atoms with Crippen molar-refractivity contribution >= 4 is 12.0 Å². The maximum atomic E-state index is 12.4. The number of H-pyrrole nitrogens is 1. The summed E-state index contributed by atoms with van der Waals surface area (Å²) in [6.07, 6.45) is 4.71. The zero-order valence-corrected chi connectivity index (χ0v) is 15.5. The number of hydrogen-bond acceptors (Lipinski definition) is 3. The molecule has 4 rings (SSSR count). The first kappa shape index (κ1) is 17.3. The lowest BCUT2D eigenvalue weighted by atomic mass is 9.68. The minimum Gasteiger partial charge on any atom is -0.458 e. The zero-order valence-electron chi connectivity index (χ0n) is 15.5. The number of ether oxygens (including phenoxy) is 1. The van der Waals surface area contributed by atoms with E-state index in [-0.39, 0.29) is 17.5 Å². The fraction of sp³-hybridized carbons (Fsp3) is 0.217. The summed E-state index contributed by atoms with van der Waals surface area (Å²) in [4.78, 5) is 12.4. The molecule has 1 N–H and O–H groups in total. The van der Waals surface area contributed by atoms with E-state index in [1.807, 2.05) is 32.1 Å². The van der Waals surface area contributed by atoms with Crippen molar-refractivity contribution in [3.8, 4) is 0 Å². The molecule has 0 bridgehead atoms. The number of nitrogens with zero attached hydrogens (tertiary/aromatic N) is 1. The Labute approximate surface area is 158 Å². The molecule has 1 aliphatic carbocycles. The normalized spacial score (nSPS) is 14.8. The van der Waals surface area contributed by atoms with Crippen LogP contribution in [0.25, 0.3) is 6.08 Å². The molecule has 0 fully saturated rings. The number of carbonyl (C=O) groups is 1. The van der Waals surface area contributed by atoms with Gasteiger partial charge in [0.05, 0.1) is 6.10 Å². The average molecular weight is 358 g/mol. The molecule has 1 aromatic heterocycles. The summed E-state index contributed by atoms with van der Waals surface area (Å²) >= 11 is 0. The van der Waals surface area contributed by atoms with Gasteiger partial charge in [-0.15, -0.1) is 0 Å². The highest BCUT2D eigenvalue weighted by Gasteiger charge is 2.37. The van der Waals surface area contributed by atoms with E-state index in [1.54, 1.807) is 0 Å². The first-order chi connectivity index (χ1) is 13.1. The zero-order chi connectivity index (χ0) is 18.9. The molecule has 0 radical (unpaired) electrons. The van der Waals surface area contributed by atoms with Gasteiger partial charge in [-0.25, -0.2) is 4.79 Å². The number of fused-ring (bicyclic) bond motifs is 1. The second-order valence-electron chi connectivity index (χ2n) is 7.13. The molecule has 2 aromatic carbocycles. The van der Waals surface area contributed by atoms with E-state index >= 15 is 0 Å². The van der Waals surface area contributed by atoms with Crippen LogP contribution in [0.15, 0.2) is 66.7 Å². The molecule has 0 aliphatic heterocycles. The van der Waals surface area contributed by atoms with E-state index in [2.05, 4.69) is 64.8 Å². The number of carbonyl (C=O) groups excluding carboxylic acids is 1. The Bertz CT molecular complexity index is 933. The van der Waals surface area contributed by atoms with Crippen LogP contribution in [0.4, 0.5) is 0 Å². The van der Waals surface area contributed by atoms with Crippen molar-refractivity contribution in [2.75, 3.05) is 0 Å². The molecular formula is C23H22N2O2. The van der Waals surface area contributed by atoms with Gasteiger partial charge in [-0.1, -0.05) is 72.8 Å². The second-order valence-corrected chi connectivity index (χ2v) is 7.13. The number of aromatic nitrogens is 2. The first-order valence-corrected chi connectivity index (χ1v) is 9.19. The van der Waals surface area contributed by atoms with Gasteiger partial charge in [0.15, 0.2) is 5.69 Å². The van der Waals surface area contributed by atoms with Gasteiger partial charge >= 0.3 is 5.97 Å². The van der Waals surface area contributed by atoms with Crippen LogP contribution in [0.1, 0.15) is 46.7 Å². The molecule has 0 spiro atoms. The van der Waals surface area contributed by atoms with Crippen molar-refractivity contribution in [3.63, 3.8) is 0 Å². The molecule has 1 heterocycles. The number of hydrogen-bond donors (Lipinski definition) is 1. The SMILES string of the molecule is CC(C)OC(=O)c1n[nH]c2c1C=CC(c1ccccc1)(c1ccccc1)C2. The Kier molecular flexibility index (Phi) is 4.40. The lowest BCUT2D eigenvalue weighted by molar-refractivity contribution is 0.0370. The minimum absolute atomic E-state index is 0.176. The highest BCUT2D eigenvalue weighted by Crippen LogP contribution is 2.41. The summed E-state index contributed by atoms with van der Waals surface area (Å²) in [5, 5.41) is 7.33. The van der Waals surface area contributed by atoms with Gasteiger partial charge in [-0.05, 0) is 25.0 Å². The Morgan fingerprint density at radius 1 is 1.04 bits per heavy atom. The summed E-state index contributed by atoms with van der Waals surface area (Å²) < 4.78 is 5.33. The molecule has 0 saturated carbocycles. The van der Waals surface area contributed by atoms with Crippen LogP contribution in [-0.2, 0) is 16.6 Å². The highest BCUT2D eigenvalue weighted by atomic mass is 16.5. The van der Waals surface area contributed by atoms with Crippen molar-refractivity contribution in [2.24, 2.45) is 0 Å². The summed E-state index contributed by atoms with van der Waals surface area (Å²) in [6, 6.07) is 20.9. The molecule has 4 nitrogen and oxygen atoms in total. The minimum atomic E-state index is -0.390. The van der Waals surface area contributed by atoms with E-state index in [0.717, 1.165) is 11.3 Å². The Morgan fingerprint density at radius 2 is 1.63 bits per heavy atom. The molecule has 4 heteroatoms. The molecule has 0 unspecified atom stereocenters. The summed E-state index contributed by atoms with van der Waals surface area (Å²) in [5.41, 5.74) is 4.23. The van der Waals surface area contributed by atoms with Crippen LogP contribution in [0, 0.1) is 0 Å². The molecule has 136 valence electrons. The topological polar surface area (TPSA) is 55.0 Å². The predicted octanol–water partition coefficient (Wildman–Crippen LogP) is 4.53. The second kappa shape index (κ2) is 6.88. The monoisotopic (exact) mass is 358 g/mol. The predicted molar refractivity (Wildman–Crippen MR) is 106 cm³/mol. The van der Waals surface area contributed by atoms with E-state index < -0.39 is 0 Å². The van der Waals surface area contributed by atoms with Crippen LogP contribution < -0.4 is 0 Å². The van der Waals surface area contributed by atoms with Gasteiger partial charge in [0.2, 0.25) is 0 Å². The van der Waals surface area contributed by atoms with Gasteiger partial charge in [0, 0.05) is 23.1 Å². The molecule has 0 amide bonds. The number of nitrogens with one attached hydrogen (secondary N) is 1. The highest BCUT2D eigenvalue weighted by molar-refractivity contribution is 5.92.